The van der Waals surface area contributed by atoms with Crippen LogP contribution in [-0.2, 0) is 33.1 Å². The molecular formula is C22H21Cl2N3O4. The fraction of sp³-hybridized carbons (Fsp3) is 0.273. The van der Waals surface area contributed by atoms with Gasteiger partial charge in [0.25, 0.3) is 0 Å². The maximum Gasteiger partial charge on any atom is 0.215 e. The topological polar surface area (TPSA) is 74.6 Å². The maximum absolute atomic E-state index is 10.4. The van der Waals surface area contributed by atoms with Gasteiger partial charge in [0.1, 0.15) is 18.5 Å². The van der Waals surface area contributed by atoms with Gasteiger partial charge in [-0.3, -0.25) is 4.79 Å². The Morgan fingerprint density at radius 1 is 1.26 bits per heavy atom. The number of imidazole rings is 1. The molecule has 0 saturated carbocycles. The average molecular weight is 462 g/mol. The summed E-state index contributed by atoms with van der Waals surface area (Å²) in [5, 5.41) is 3.63. The van der Waals surface area contributed by atoms with Crippen molar-refractivity contribution in [3.05, 3.63) is 82.4 Å². The molecule has 0 bridgehead atoms. The Bertz CT molecular complexity index is 1010. The molecule has 2 unspecified atom stereocenters. The summed E-state index contributed by atoms with van der Waals surface area (Å²) in [5.74, 6) is -0.379. The molecule has 3 aromatic rings. The molecule has 9 heteroatoms. The number of halogens is 2. The molecule has 2 aromatic carbocycles. The number of rotatable bonds is 9. The molecule has 1 aliphatic rings. The van der Waals surface area contributed by atoms with Gasteiger partial charge >= 0.3 is 0 Å². The van der Waals surface area contributed by atoms with Crippen LogP contribution in [0.15, 0.2) is 61.2 Å². The predicted molar refractivity (Wildman–Crippen MR) is 116 cm³/mol. The number of amides is 1. The zero-order valence-corrected chi connectivity index (χ0v) is 18.1. The first kappa shape index (κ1) is 21.6. The monoisotopic (exact) mass is 461 g/mol. The maximum atomic E-state index is 10.4. The Hall–Kier alpha value is -2.58. The van der Waals surface area contributed by atoms with E-state index in [9.17, 15) is 4.79 Å². The van der Waals surface area contributed by atoms with Crippen molar-refractivity contribution >= 4 is 29.6 Å². The van der Waals surface area contributed by atoms with Crippen molar-refractivity contribution in [2.75, 3.05) is 13.2 Å². The van der Waals surface area contributed by atoms with Gasteiger partial charge in [-0.05, 0) is 29.8 Å². The molecule has 1 aliphatic heterocycles. The molecule has 7 nitrogen and oxygen atoms in total. The van der Waals surface area contributed by atoms with E-state index in [1.807, 2.05) is 41.1 Å². The summed E-state index contributed by atoms with van der Waals surface area (Å²) in [6, 6.07) is 12.8. The van der Waals surface area contributed by atoms with Gasteiger partial charge < -0.3 is 24.1 Å². The Morgan fingerprint density at radius 2 is 2.10 bits per heavy atom. The number of ether oxygens (including phenoxy) is 3. The van der Waals surface area contributed by atoms with Crippen LogP contribution in [0.2, 0.25) is 10.0 Å². The lowest BCUT2D eigenvalue weighted by Gasteiger charge is -2.30. The molecular weight excluding hydrogens is 441 g/mol. The second-order valence-electron chi connectivity index (χ2n) is 7.12. The third-order valence-electron chi connectivity index (χ3n) is 4.90. The number of nitrogens with zero attached hydrogens (tertiary/aromatic N) is 2. The standard InChI is InChI=1S/C22H21Cl2N3O4/c23-17-3-6-20(21(24)9-17)22(13-27-8-7-25-14-27)30-12-19(31-22)11-29-18-4-1-16(2-5-18)10-26-15-28/h1-9,14-15,19H,10-13H2,(H,26,28). The molecule has 31 heavy (non-hydrogen) atoms. The third-order valence-corrected chi connectivity index (χ3v) is 5.45. The minimum absolute atomic E-state index is 0.299. The summed E-state index contributed by atoms with van der Waals surface area (Å²) in [4.78, 5) is 14.5. The van der Waals surface area contributed by atoms with Gasteiger partial charge in [0.15, 0.2) is 0 Å². The van der Waals surface area contributed by atoms with Crippen LogP contribution in [0.1, 0.15) is 11.1 Å². The molecule has 1 aromatic heterocycles. The Kier molecular flexibility index (Phi) is 6.77. The molecule has 1 N–H and O–H groups in total. The minimum atomic E-state index is -1.08. The summed E-state index contributed by atoms with van der Waals surface area (Å²) in [7, 11) is 0. The van der Waals surface area contributed by atoms with E-state index in [4.69, 9.17) is 37.4 Å². The van der Waals surface area contributed by atoms with Gasteiger partial charge in [-0.1, -0.05) is 41.4 Å². The minimum Gasteiger partial charge on any atom is -0.491 e. The lowest BCUT2D eigenvalue weighted by molar-refractivity contribution is -0.189. The van der Waals surface area contributed by atoms with Crippen LogP contribution in [0, 0.1) is 0 Å². The van der Waals surface area contributed by atoms with Crippen molar-refractivity contribution in [1.29, 1.82) is 0 Å². The number of carbonyl (C=O) groups is 1. The number of aromatic nitrogens is 2. The van der Waals surface area contributed by atoms with Crippen molar-refractivity contribution in [2.45, 2.75) is 25.0 Å². The van der Waals surface area contributed by atoms with Gasteiger partial charge in [-0.15, -0.1) is 0 Å². The van der Waals surface area contributed by atoms with Gasteiger partial charge in [0.05, 0.1) is 24.5 Å². The second-order valence-corrected chi connectivity index (χ2v) is 7.96. The van der Waals surface area contributed by atoms with Crippen LogP contribution in [-0.4, -0.2) is 35.3 Å². The van der Waals surface area contributed by atoms with Crippen LogP contribution >= 0.6 is 23.2 Å². The molecule has 1 amide bonds. The highest BCUT2D eigenvalue weighted by Gasteiger charge is 2.45. The van der Waals surface area contributed by atoms with E-state index < -0.39 is 5.79 Å². The van der Waals surface area contributed by atoms with E-state index in [1.165, 1.54) is 0 Å². The molecule has 162 valence electrons. The van der Waals surface area contributed by atoms with Crippen molar-refractivity contribution in [1.82, 2.24) is 14.9 Å². The van der Waals surface area contributed by atoms with Crippen LogP contribution in [0.4, 0.5) is 0 Å². The van der Waals surface area contributed by atoms with E-state index in [0.717, 1.165) is 5.56 Å². The van der Waals surface area contributed by atoms with Gasteiger partial charge in [-0.2, -0.15) is 0 Å². The van der Waals surface area contributed by atoms with Crippen molar-refractivity contribution in [2.24, 2.45) is 0 Å². The molecule has 0 spiro atoms. The first-order valence-electron chi connectivity index (χ1n) is 9.70. The van der Waals surface area contributed by atoms with Crippen LogP contribution < -0.4 is 10.1 Å². The Labute approximate surface area is 189 Å². The normalized spacial score (nSPS) is 20.5. The van der Waals surface area contributed by atoms with E-state index >= 15 is 0 Å². The summed E-state index contributed by atoms with van der Waals surface area (Å²) >= 11 is 12.6. The fourth-order valence-electron chi connectivity index (χ4n) is 3.43. The summed E-state index contributed by atoms with van der Waals surface area (Å²) in [5.41, 5.74) is 1.68. The van der Waals surface area contributed by atoms with Crippen molar-refractivity contribution < 1.29 is 19.0 Å². The lowest BCUT2D eigenvalue weighted by atomic mass is 10.1. The smallest absolute Gasteiger partial charge is 0.215 e. The zero-order valence-electron chi connectivity index (χ0n) is 16.5. The molecule has 0 aliphatic carbocycles. The largest absolute Gasteiger partial charge is 0.491 e. The average Bonchev–Trinajstić information content (AvgIpc) is 3.42. The first-order chi connectivity index (χ1) is 15.1. The number of hydrogen-bond donors (Lipinski definition) is 1. The highest BCUT2D eigenvalue weighted by atomic mass is 35.5. The SMILES string of the molecule is O=CNCc1ccc(OCC2COC(Cn3ccnc3)(c3ccc(Cl)cc3Cl)O2)cc1. The summed E-state index contributed by atoms with van der Waals surface area (Å²) in [6.45, 7) is 1.50. The van der Waals surface area contributed by atoms with Crippen LogP contribution in [0.5, 0.6) is 5.75 Å². The quantitative estimate of drug-likeness (QED) is 0.490. The third kappa shape index (κ3) is 5.19. The summed E-state index contributed by atoms with van der Waals surface area (Å²) in [6.07, 6.45) is 5.60. The number of hydrogen-bond acceptors (Lipinski definition) is 5. The summed E-state index contributed by atoms with van der Waals surface area (Å²) < 4.78 is 20.3. The van der Waals surface area contributed by atoms with Crippen LogP contribution in [0.3, 0.4) is 0 Å². The van der Waals surface area contributed by atoms with Gasteiger partial charge in [-0.25, -0.2) is 4.98 Å². The number of nitrogens with one attached hydrogen (secondary N) is 1. The van der Waals surface area contributed by atoms with Crippen molar-refractivity contribution in [3.8, 4) is 5.75 Å². The molecule has 2 atom stereocenters. The Morgan fingerprint density at radius 3 is 2.81 bits per heavy atom. The van der Waals surface area contributed by atoms with E-state index in [0.29, 0.717) is 54.1 Å². The van der Waals surface area contributed by atoms with Crippen LogP contribution in [0.25, 0.3) is 0 Å². The second kappa shape index (κ2) is 9.70. The molecule has 1 fully saturated rings. The van der Waals surface area contributed by atoms with E-state index in [1.54, 1.807) is 24.7 Å². The first-order valence-corrected chi connectivity index (χ1v) is 10.5. The lowest BCUT2D eigenvalue weighted by Crippen LogP contribution is -2.34. The van der Waals surface area contributed by atoms with Gasteiger partial charge in [0.2, 0.25) is 12.2 Å². The number of carbonyl (C=O) groups excluding carboxylic acids is 1. The van der Waals surface area contributed by atoms with Crippen molar-refractivity contribution in [3.63, 3.8) is 0 Å². The van der Waals surface area contributed by atoms with Gasteiger partial charge in [0, 0.05) is 29.5 Å². The number of benzene rings is 2. The highest BCUT2D eigenvalue weighted by Crippen LogP contribution is 2.40. The fourth-order valence-corrected chi connectivity index (χ4v) is 3.98. The predicted octanol–water partition coefficient (Wildman–Crippen LogP) is 3.78. The Balaban J connectivity index is 1.46. The molecule has 1 saturated heterocycles. The van der Waals surface area contributed by atoms with E-state index in [-0.39, 0.29) is 6.10 Å². The zero-order chi connectivity index (χ0) is 21.7. The molecule has 0 radical (unpaired) electrons. The highest BCUT2D eigenvalue weighted by molar-refractivity contribution is 6.35. The molecule has 2 heterocycles. The van der Waals surface area contributed by atoms with E-state index in [2.05, 4.69) is 10.3 Å². The molecule has 4 rings (SSSR count).